The molecule has 1 aliphatic carbocycles. The minimum atomic E-state index is -0.621. The lowest BCUT2D eigenvalue weighted by molar-refractivity contribution is 0.0981. The van der Waals surface area contributed by atoms with Crippen LogP contribution < -0.4 is 41.9 Å². The van der Waals surface area contributed by atoms with Crippen LogP contribution in [0.4, 0.5) is 22.7 Å². The summed E-state index contributed by atoms with van der Waals surface area (Å²) in [5.74, 6) is 1.05. The largest absolute Gasteiger partial charge is 0.493 e. The maximum atomic E-state index is 14.0. The third-order valence-corrected chi connectivity index (χ3v) is 6.64. The number of nitrogens with two attached hydrogens (primary N) is 4. The van der Waals surface area contributed by atoms with E-state index in [1.54, 1.807) is 48.5 Å². The van der Waals surface area contributed by atoms with E-state index in [1.807, 2.05) is 13.8 Å². The molecule has 0 heterocycles. The summed E-state index contributed by atoms with van der Waals surface area (Å²) in [6, 6.07) is 16.8. The van der Waals surface area contributed by atoms with Crippen molar-refractivity contribution in [3.63, 3.8) is 0 Å². The van der Waals surface area contributed by atoms with Gasteiger partial charge in [0.15, 0.2) is 23.1 Å². The molecule has 0 amide bonds. The van der Waals surface area contributed by atoms with E-state index in [1.165, 1.54) is 12.1 Å². The molecule has 5 rings (SSSR count). The zero-order chi connectivity index (χ0) is 30.0. The van der Waals surface area contributed by atoms with E-state index in [4.69, 9.17) is 41.9 Å². The standard InChI is InChI=1S/C32H32N4O6/c1-3-11-39-17-7-5-9-19(13-17)41-23-15-21(33)25-27(29(23)35)32(38)28-26(31(25)37)22(34)16-24(30(28)36)42-20-10-6-8-18(14-20)40-12-4-2/h5-10,13-16H,3-4,11-12,33-36H2,1-2H3. The molecule has 0 bridgehead atoms. The van der Waals surface area contributed by atoms with Crippen molar-refractivity contribution in [1.82, 2.24) is 0 Å². The van der Waals surface area contributed by atoms with Gasteiger partial charge in [0.1, 0.15) is 23.0 Å². The minimum absolute atomic E-state index is 0.0128. The van der Waals surface area contributed by atoms with Crippen molar-refractivity contribution >= 4 is 34.3 Å². The van der Waals surface area contributed by atoms with Gasteiger partial charge in [-0.05, 0) is 37.1 Å². The second kappa shape index (κ2) is 11.6. The number of carbonyl (C=O) groups is 2. The lowest BCUT2D eigenvalue weighted by atomic mass is 9.80. The van der Waals surface area contributed by atoms with Crippen LogP contribution >= 0.6 is 0 Å². The average molecular weight is 569 g/mol. The Morgan fingerprint density at radius 3 is 1.33 bits per heavy atom. The Kier molecular flexibility index (Phi) is 7.79. The Labute approximate surface area is 243 Å². The highest BCUT2D eigenvalue weighted by Gasteiger charge is 2.38. The summed E-state index contributed by atoms with van der Waals surface area (Å²) in [5, 5.41) is 0. The van der Waals surface area contributed by atoms with Crippen molar-refractivity contribution < 1.29 is 28.5 Å². The first-order valence-electron chi connectivity index (χ1n) is 13.6. The van der Waals surface area contributed by atoms with E-state index in [0.29, 0.717) is 36.2 Å². The zero-order valence-electron chi connectivity index (χ0n) is 23.4. The highest BCUT2D eigenvalue weighted by atomic mass is 16.5. The molecule has 0 radical (unpaired) electrons. The van der Waals surface area contributed by atoms with Crippen molar-refractivity contribution in [2.45, 2.75) is 26.7 Å². The summed E-state index contributed by atoms with van der Waals surface area (Å²) in [5.41, 5.74) is 25.1. The number of ether oxygens (including phenoxy) is 4. The fourth-order valence-corrected chi connectivity index (χ4v) is 4.72. The summed E-state index contributed by atoms with van der Waals surface area (Å²) in [6.07, 6.45) is 1.69. The smallest absolute Gasteiger partial charge is 0.199 e. The van der Waals surface area contributed by atoms with Crippen molar-refractivity contribution in [3.05, 3.63) is 82.9 Å². The maximum Gasteiger partial charge on any atom is 0.199 e. The number of anilines is 4. The topological polar surface area (TPSA) is 175 Å². The van der Waals surface area contributed by atoms with Crippen molar-refractivity contribution in [2.24, 2.45) is 0 Å². The van der Waals surface area contributed by atoms with Crippen LogP contribution in [0, 0.1) is 0 Å². The number of fused-ring (bicyclic) bond motifs is 2. The molecule has 8 N–H and O–H groups in total. The molecule has 42 heavy (non-hydrogen) atoms. The summed E-state index contributed by atoms with van der Waals surface area (Å²) in [7, 11) is 0. The zero-order valence-corrected chi connectivity index (χ0v) is 23.4. The first kappa shape index (κ1) is 28.2. The molecular formula is C32H32N4O6. The fourth-order valence-electron chi connectivity index (χ4n) is 4.72. The van der Waals surface area contributed by atoms with Gasteiger partial charge in [0, 0.05) is 35.6 Å². The maximum absolute atomic E-state index is 14.0. The molecule has 0 fully saturated rings. The molecule has 0 saturated carbocycles. The number of nitrogen functional groups attached to an aromatic ring is 4. The normalized spacial score (nSPS) is 12.0. The van der Waals surface area contributed by atoms with Gasteiger partial charge in [-0.2, -0.15) is 0 Å². The van der Waals surface area contributed by atoms with Gasteiger partial charge in [-0.1, -0.05) is 26.0 Å². The number of benzene rings is 4. The summed E-state index contributed by atoms with van der Waals surface area (Å²) >= 11 is 0. The number of carbonyl (C=O) groups excluding carboxylic acids is 2. The Bertz CT molecular complexity index is 1580. The molecule has 4 aromatic carbocycles. The average Bonchev–Trinajstić information content (AvgIpc) is 2.97. The second-order valence-electron chi connectivity index (χ2n) is 9.76. The molecule has 216 valence electrons. The van der Waals surface area contributed by atoms with Crippen molar-refractivity contribution in [3.8, 4) is 34.5 Å². The Morgan fingerprint density at radius 2 is 0.929 bits per heavy atom. The highest BCUT2D eigenvalue weighted by molar-refractivity contribution is 6.35. The van der Waals surface area contributed by atoms with E-state index >= 15 is 0 Å². The first-order valence-corrected chi connectivity index (χ1v) is 13.6. The van der Waals surface area contributed by atoms with Crippen LogP contribution in [0.25, 0.3) is 0 Å². The molecule has 1 aliphatic rings. The lowest BCUT2D eigenvalue weighted by Gasteiger charge is -2.25. The van der Waals surface area contributed by atoms with E-state index in [0.717, 1.165) is 12.8 Å². The monoisotopic (exact) mass is 568 g/mol. The molecular weight excluding hydrogens is 536 g/mol. The highest BCUT2D eigenvalue weighted by Crippen LogP contribution is 2.46. The third-order valence-electron chi connectivity index (χ3n) is 6.64. The Balaban J connectivity index is 1.53. The third kappa shape index (κ3) is 5.22. The summed E-state index contributed by atoms with van der Waals surface area (Å²) in [6.45, 7) is 5.09. The molecule has 0 aliphatic heterocycles. The van der Waals surface area contributed by atoms with Crippen LogP contribution in [0.5, 0.6) is 34.5 Å². The molecule has 0 saturated heterocycles. The summed E-state index contributed by atoms with van der Waals surface area (Å²) < 4.78 is 23.3. The second-order valence-corrected chi connectivity index (χ2v) is 9.76. The quantitative estimate of drug-likeness (QED) is 0.147. The Morgan fingerprint density at radius 1 is 0.548 bits per heavy atom. The first-order chi connectivity index (χ1) is 20.2. The van der Waals surface area contributed by atoms with Gasteiger partial charge in [0.05, 0.1) is 46.8 Å². The van der Waals surface area contributed by atoms with E-state index in [-0.39, 0.29) is 56.5 Å². The van der Waals surface area contributed by atoms with Crippen molar-refractivity contribution in [1.29, 1.82) is 0 Å². The predicted octanol–water partition coefficient (Wildman–Crippen LogP) is 5.95. The Hall–Kier alpha value is -5.38. The number of rotatable bonds is 10. The van der Waals surface area contributed by atoms with Gasteiger partial charge in [0.25, 0.3) is 0 Å². The lowest BCUT2D eigenvalue weighted by Crippen LogP contribution is -2.26. The van der Waals surface area contributed by atoms with Crippen LogP contribution in [0.15, 0.2) is 60.7 Å². The van der Waals surface area contributed by atoms with Crippen LogP contribution in [0.1, 0.15) is 58.5 Å². The molecule has 10 nitrogen and oxygen atoms in total. The minimum Gasteiger partial charge on any atom is -0.493 e. The van der Waals surface area contributed by atoms with Crippen LogP contribution in [-0.2, 0) is 0 Å². The summed E-state index contributed by atoms with van der Waals surface area (Å²) in [4.78, 5) is 27.7. The molecule has 10 heteroatoms. The van der Waals surface area contributed by atoms with Crippen LogP contribution in [0.3, 0.4) is 0 Å². The molecule has 4 aromatic rings. The predicted molar refractivity (Wildman–Crippen MR) is 162 cm³/mol. The van der Waals surface area contributed by atoms with E-state index < -0.39 is 11.6 Å². The van der Waals surface area contributed by atoms with Gasteiger partial charge in [-0.25, -0.2) is 0 Å². The van der Waals surface area contributed by atoms with Gasteiger partial charge in [-0.3, -0.25) is 9.59 Å². The van der Waals surface area contributed by atoms with E-state index in [9.17, 15) is 9.59 Å². The number of hydrogen-bond acceptors (Lipinski definition) is 10. The number of ketones is 2. The van der Waals surface area contributed by atoms with Gasteiger partial charge in [-0.15, -0.1) is 0 Å². The fraction of sp³-hybridized carbons (Fsp3) is 0.188. The van der Waals surface area contributed by atoms with Crippen molar-refractivity contribution in [2.75, 3.05) is 36.1 Å². The van der Waals surface area contributed by atoms with Gasteiger partial charge in [0.2, 0.25) is 0 Å². The van der Waals surface area contributed by atoms with Gasteiger partial charge < -0.3 is 41.9 Å². The van der Waals surface area contributed by atoms with Gasteiger partial charge >= 0.3 is 0 Å². The SMILES string of the molecule is CCCOc1cccc(Oc2cc(N)c3c(c2N)C(=O)c2c(N)c(Oc4cccc(OCCC)c4)cc(N)c2C3=O)c1. The number of hydrogen-bond donors (Lipinski definition) is 4. The molecule has 0 unspecified atom stereocenters. The van der Waals surface area contributed by atoms with Crippen LogP contribution in [-0.4, -0.2) is 24.8 Å². The van der Waals surface area contributed by atoms with Crippen LogP contribution in [0.2, 0.25) is 0 Å². The molecule has 0 aromatic heterocycles. The molecule has 0 spiro atoms. The molecule has 0 atom stereocenters. The van der Waals surface area contributed by atoms with E-state index in [2.05, 4.69) is 0 Å².